The Labute approximate surface area is 176 Å². The van der Waals surface area contributed by atoms with Crippen LogP contribution in [0.5, 0.6) is 0 Å². The van der Waals surface area contributed by atoms with E-state index >= 15 is 0 Å². The van der Waals surface area contributed by atoms with E-state index in [1.54, 1.807) is 41.8 Å². The fourth-order valence-corrected chi connectivity index (χ4v) is 5.02. The largest absolute Gasteiger partial charge is 0.348 e. The second-order valence-electron chi connectivity index (χ2n) is 7.62. The summed E-state index contributed by atoms with van der Waals surface area (Å²) in [6.07, 6.45) is 1.47. The molecule has 2 heterocycles. The SMILES string of the molecule is CCN(C(=O)c1ncn2c1CN(CC(=O)N(C)C)S(=O)(=O)c1ccccc1-2)C(C)C. The zero-order chi connectivity index (χ0) is 22.2. The van der Waals surface area contributed by atoms with Gasteiger partial charge in [0.2, 0.25) is 15.9 Å². The summed E-state index contributed by atoms with van der Waals surface area (Å²) in [4.78, 5) is 33.0. The quantitative estimate of drug-likeness (QED) is 0.709. The Kier molecular flexibility index (Phi) is 6.00. The lowest BCUT2D eigenvalue weighted by Crippen LogP contribution is -2.40. The van der Waals surface area contributed by atoms with Crippen LogP contribution in [0.25, 0.3) is 5.69 Å². The van der Waals surface area contributed by atoms with Gasteiger partial charge in [0.25, 0.3) is 5.91 Å². The maximum absolute atomic E-state index is 13.4. The minimum Gasteiger partial charge on any atom is -0.348 e. The van der Waals surface area contributed by atoms with Crippen LogP contribution >= 0.6 is 0 Å². The van der Waals surface area contributed by atoms with Crippen LogP contribution in [0, 0.1) is 0 Å². The molecule has 1 aliphatic heterocycles. The van der Waals surface area contributed by atoms with Crippen molar-refractivity contribution in [1.82, 2.24) is 23.7 Å². The van der Waals surface area contributed by atoms with Crippen LogP contribution in [0.1, 0.15) is 37.0 Å². The summed E-state index contributed by atoms with van der Waals surface area (Å²) in [5.74, 6) is -0.619. The van der Waals surface area contributed by atoms with Crippen molar-refractivity contribution in [1.29, 1.82) is 0 Å². The molecule has 0 spiro atoms. The van der Waals surface area contributed by atoms with Crippen LogP contribution in [0.15, 0.2) is 35.5 Å². The first-order chi connectivity index (χ1) is 14.1. The summed E-state index contributed by atoms with van der Waals surface area (Å²) in [5, 5.41) is 0. The first kappa shape index (κ1) is 22.0. The van der Waals surface area contributed by atoms with Crippen LogP contribution < -0.4 is 0 Å². The molecule has 3 rings (SSSR count). The number of nitrogens with zero attached hydrogens (tertiary/aromatic N) is 5. The van der Waals surface area contributed by atoms with E-state index in [0.29, 0.717) is 17.9 Å². The van der Waals surface area contributed by atoms with E-state index in [-0.39, 0.29) is 41.5 Å². The third kappa shape index (κ3) is 3.72. The van der Waals surface area contributed by atoms with Crippen molar-refractivity contribution < 1.29 is 18.0 Å². The van der Waals surface area contributed by atoms with Crippen molar-refractivity contribution in [2.75, 3.05) is 27.2 Å². The van der Waals surface area contributed by atoms with Crippen LogP contribution in [0.3, 0.4) is 0 Å². The first-order valence-electron chi connectivity index (χ1n) is 9.76. The van der Waals surface area contributed by atoms with Gasteiger partial charge in [-0.2, -0.15) is 4.31 Å². The number of rotatable bonds is 5. The monoisotopic (exact) mass is 433 g/mol. The molecule has 0 atom stereocenters. The average molecular weight is 434 g/mol. The van der Waals surface area contributed by atoms with Crippen LogP contribution in [-0.4, -0.2) is 77.1 Å². The predicted molar refractivity (Wildman–Crippen MR) is 112 cm³/mol. The Morgan fingerprint density at radius 2 is 1.87 bits per heavy atom. The highest BCUT2D eigenvalue weighted by Gasteiger charge is 2.36. The van der Waals surface area contributed by atoms with Gasteiger partial charge in [0.05, 0.1) is 24.5 Å². The van der Waals surface area contributed by atoms with Gasteiger partial charge in [-0.15, -0.1) is 0 Å². The molecule has 1 aromatic carbocycles. The lowest BCUT2D eigenvalue weighted by atomic mass is 10.2. The number of sulfonamides is 1. The van der Waals surface area contributed by atoms with Crippen molar-refractivity contribution >= 4 is 21.8 Å². The molecule has 162 valence electrons. The number of benzene rings is 1. The van der Waals surface area contributed by atoms with Crippen LogP contribution in [0.4, 0.5) is 0 Å². The van der Waals surface area contributed by atoms with E-state index in [2.05, 4.69) is 4.98 Å². The standard InChI is InChI=1S/C20H27N5O4S/c1-6-24(14(2)3)20(27)19-16-11-23(12-18(26)22(4)5)30(28,29)17-10-8-7-9-15(17)25(16)13-21-19/h7-10,13-14H,6,11-12H2,1-5H3. The maximum Gasteiger partial charge on any atom is 0.274 e. The lowest BCUT2D eigenvalue weighted by Gasteiger charge is -2.25. The molecule has 10 heteroatoms. The number of hydrogen-bond donors (Lipinski definition) is 0. The van der Waals surface area contributed by atoms with Gasteiger partial charge in [0.1, 0.15) is 11.2 Å². The highest BCUT2D eigenvalue weighted by Crippen LogP contribution is 2.31. The minimum absolute atomic E-state index is 0.0342. The molecule has 30 heavy (non-hydrogen) atoms. The number of imidazole rings is 1. The van der Waals surface area contributed by atoms with Gasteiger partial charge in [-0.3, -0.25) is 14.2 Å². The van der Waals surface area contributed by atoms with E-state index in [9.17, 15) is 18.0 Å². The Bertz CT molecular complexity index is 1070. The molecule has 0 saturated carbocycles. The molecular weight excluding hydrogens is 406 g/mol. The van der Waals surface area contributed by atoms with E-state index in [1.165, 1.54) is 17.3 Å². The van der Waals surface area contributed by atoms with Gasteiger partial charge in [0, 0.05) is 26.7 Å². The molecule has 0 N–H and O–H groups in total. The number of amides is 2. The van der Waals surface area contributed by atoms with Crippen LogP contribution in [0.2, 0.25) is 0 Å². The predicted octanol–water partition coefficient (Wildman–Crippen LogP) is 1.34. The molecule has 2 amide bonds. The Morgan fingerprint density at radius 1 is 1.20 bits per heavy atom. The second-order valence-corrected chi connectivity index (χ2v) is 9.53. The number of para-hydroxylation sites is 1. The van der Waals surface area contributed by atoms with Crippen molar-refractivity contribution in [3.63, 3.8) is 0 Å². The fourth-order valence-electron chi connectivity index (χ4n) is 3.49. The first-order valence-corrected chi connectivity index (χ1v) is 11.2. The van der Waals surface area contributed by atoms with Crippen molar-refractivity contribution in [2.24, 2.45) is 0 Å². The van der Waals surface area contributed by atoms with Gasteiger partial charge in [-0.1, -0.05) is 12.1 Å². The summed E-state index contributed by atoms with van der Waals surface area (Å²) in [6, 6.07) is 6.50. The molecule has 0 bridgehead atoms. The van der Waals surface area contributed by atoms with Crippen molar-refractivity contribution in [2.45, 2.75) is 38.3 Å². The summed E-state index contributed by atoms with van der Waals surface area (Å²) in [7, 11) is -0.816. The number of carbonyl (C=O) groups excluding carboxylic acids is 2. The number of hydrogen-bond acceptors (Lipinski definition) is 5. The Balaban J connectivity index is 2.19. The normalized spacial score (nSPS) is 15.3. The minimum atomic E-state index is -3.96. The zero-order valence-electron chi connectivity index (χ0n) is 17.9. The Hall–Kier alpha value is -2.72. The highest BCUT2D eigenvalue weighted by atomic mass is 32.2. The molecule has 1 aromatic heterocycles. The van der Waals surface area contributed by atoms with Gasteiger partial charge in [-0.25, -0.2) is 13.4 Å². The van der Waals surface area contributed by atoms with E-state index in [1.807, 2.05) is 20.8 Å². The molecule has 0 aliphatic carbocycles. The smallest absolute Gasteiger partial charge is 0.274 e. The zero-order valence-corrected chi connectivity index (χ0v) is 18.7. The molecule has 9 nitrogen and oxygen atoms in total. The van der Waals surface area contributed by atoms with Gasteiger partial charge >= 0.3 is 0 Å². The number of fused-ring (bicyclic) bond motifs is 3. The number of carbonyl (C=O) groups is 2. The van der Waals surface area contributed by atoms with E-state index < -0.39 is 10.0 Å². The van der Waals surface area contributed by atoms with E-state index in [0.717, 1.165) is 4.31 Å². The third-order valence-electron chi connectivity index (χ3n) is 5.17. The summed E-state index contributed by atoms with van der Waals surface area (Å²) >= 11 is 0. The third-order valence-corrected chi connectivity index (χ3v) is 7.01. The average Bonchev–Trinajstić information content (AvgIpc) is 3.07. The fraction of sp³-hybridized carbons (Fsp3) is 0.450. The molecule has 2 aromatic rings. The molecule has 1 aliphatic rings. The molecule has 0 unspecified atom stereocenters. The summed E-state index contributed by atoms with van der Waals surface area (Å²) in [5.41, 5.74) is 1.05. The summed E-state index contributed by atoms with van der Waals surface area (Å²) < 4.78 is 29.5. The maximum atomic E-state index is 13.4. The van der Waals surface area contributed by atoms with E-state index in [4.69, 9.17) is 0 Å². The molecular formula is C20H27N5O4S. The topological polar surface area (TPSA) is 95.8 Å². The number of likely N-dealkylation sites (N-methyl/N-ethyl adjacent to an activating group) is 1. The van der Waals surface area contributed by atoms with Crippen LogP contribution in [-0.2, 0) is 21.4 Å². The highest BCUT2D eigenvalue weighted by molar-refractivity contribution is 7.89. The van der Waals surface area contributed by atoms with Gasteiger partial charge < -0.3 is 9.80 Å². The molecule has 0 fully saturated rings. The summed E-state index contributed by atoms with van der Waals surface area (Å²) in [6.45, 7) is 5.75. The molecule has 0 saturated heterocycles. The van der Waals surface area contributed by atoms with Crippen molar-refractivity contribution in [3.8, 4) is 5.69 Å². The van der Waals surface area contributed by atoms with Gasteiger partial charge in [-0.05, 0) is 32.9 Å². The van der Waals surface area contributed by atoms with Crippen molar-refractivity contribution in [3.05, 3.63) is 42.0 Å². The second kappa shape index (κ2) is 8.19. The lowest BCUT2D eigenvalue weighted by molar-refractivity contribution is -0.128. The number of aromatic nitrogens is 2. The Morgan fingerprint density at radius 3 is 2.47 bits per heavy atom. The van der Waals surface area contributed by atoms with Gasteiger partial charge in [0.15, 0.2) is 5.69 Å². The molecule has 0 radical (unpaired) electrons.